The van der Waals surface area contributed by atoms with Crippen LogP contribution in [0.15, 0.2) is 36.4 Å². The second kappa shape index (κ2) is 7.07. The fourth-order valence-electron chi connectivity index (χ4n) is 1.46. The van der Waals surface area contributed by atoms with E-state index in [1.165, 1.54) is 6.92 Å². The molecule has 20 heavy (non-hydrogen) atoms. The van der Waals surface area contributed by atoms with Crippen LogP contribution in [0, 0.1) is 0 Å². The van der Waals surface area contributed by atoms with Gasteiger partial charge in [0.2, 0.25) is 0 Å². The van der Waals surface area contributed by atoms with Crippen molar-refractivity contribution < 1.29 is 24.5 Å². The Morgan fingerprint density at radius 1 is 1.35 bits per heavy atom. The number of aliphatic hydroxyl groups excluding tert-OH is 1. The number of carbonyl (C=O) groups excluding carboxylic acids is 1. The summed E-state index contributed by atoms with van der Waals surface area (Å²) in [5, 5.41) is 18.7. The SMILES string of the molecule is C=C(CCOC(=O)c1ccc(OC)cc1)[C@@](C)(O)CO. The number of hydrogen-bond acceptors (Lipinski definition) is 5. The average molecular weight is 280 g/mol. The first-order chi connectivity index (χ1) is 9.40. The molecule has 110 valence electrons. The van der Waals surface area contributed by atoms with Gasteiger partial charge in [0.15, 0.2) is 0 Å². The van der Waals surface area contributed by atoms with Crippen molar-refractivity contribution in [1.82, 2.24) is 0 Å². The lowest BCUT2D eigenvalue weighted by Gasteiger charge is -2.23. The van der Waals surface area contributed by atoms with Crippen LogP contribution < -0.4 is 4.74 Å². The van der Waals surface area contributed by atoms with E-state index >= 15 is 0 Å². The van der Waals surface area contributed by atoms with Crippen molar-refractivity contribution in [1.29, 1.82) is 0 Å². The molecular weight excluding hydrogens is 260 g/mol. The van der Waals surface area contributed by atoms with E-state index in [4.69, 9.17) is 14.6 Å². The van der Waals surface area contributed by atoms with Crippen LogP contribution in [0.3, 0.4) is 0 Å². The highest BCUT2D eigenvalue weighted by Crippen LogP contribution is 2.17. The number of hydrogen-bond donors (Lipinski definition) is 2. The van der Waals surface area contributed by atoms with Gasteiger partial charge in [0.25, 0.3) is 0 Å². The summed E-state index contributed by atoms with van der Waals surface area (Å²) in [5.74, 6) is 0.206. The Labute approximate surface area is 118 Å². The Morgan fingerprint density at radius 3 is 2.45 bits per heavy atom. The molecule has 0 aromatic heterocycles. The summed E-state index contributed by atoms with van der Waals surface area (Å²) < 4.78 is 10.1. The van der Waals surface area contributed by atoms with Gasteiger partial charge in [-0.25, -0.2) is 4.79 Å². The maximum absolute atomic E-state index is 11.7. The third kappa shape index (κ3) is 4.36. The minimum atomic E-state index is -1.35. The van der Waals surface area contributed by atoms with Crippen LogP contribution in [0.1, 0.15) is 23.7 Å². The van der Waals surface area contributed by atoms with Crippen molar-refractivity contribution in [3.05, 3.63) is 42.0 Å². The van der Waals surface area contributed by atoms with Gasteiger partial charge in [-0.2, -0.15) is 0 Å². The van der Waals surface area contributed by atoms with E-state index in [1.54, 1.807) is 31.4 Å². The van der Waals surface area contributed by atoms with Crippen LogP contribution in [-0.4, -0.2) is 42.1 Å². The first-order valence-electron chi connectivity index (χ1n) is 6.23. The van der Waals surface area contributed by atoms with Crippen molar-refractivity contribution >= 4 is 5.97 Å². The first kappa shape index (κ1) is 16.2. The normalized spacial score (nSPS) is 13.4. The van der Waals surface area contributed by atoms with E-state index < -0.39 is 18.2 Å². The molecule has 0 saturated carbocycles. The maximum atomic E-state index is 11.7. The number of ether oxygens (including phenoxy) is 2. The molecule has 0 amide bonds. The molecule has 0 fully saturated rings. The van der Waals surface area contributed by atoms with Crippen molar-refractivity contribution in [3.8, 4) is 5.75 Å². The van der Waals surface area contributed by atoms with Gasteiger partial charge in [-0.15, -0.1) is 0 Å². The quantitative estimate of drug-likeness (QED) is 0.585. The molecular formula is C15H20O5. The van der Waals surface area contributed by atoms with Gasteiger partial charge in [-0.1, -0.05) is 6.58 Å². The highest BCUT2D eigenvalue weighted by atomic mass is 16.5. The lowest BCUT2D eigenvalue weighted by Crippen LogP contribution is -2.31. The molecule has 0 heterocycles. The number of carbonyl (C=O) groups is 1. The molecule has 0 unspecified atom stereocenters. The lowest BCUT2D eigenvalue weighted by atomic mass is 9.96. The number of rotatable bonds is 7. The summed E-state index contributed by atoms with van der Waals surface area (Å²) in [7, 11) is 1.55. The van der Waals surface area contributed by atoms with E-state index in [9.17, 15) is 9.90 Å². The Bertz CT molecular complexity index is 462. The van der Waals surface area contributed by atoms with Crippen molar-refractivity contribution in [2.24, 2.45) is 0 Å². The van der Waals surface area contributed by atoms with E-state index in [2.05, 4.69) is 6.58 Å². The minimum absolute atomic E-state index is 0.0971. The molecule has 1 aromatic carbocycles. The molecule has 0 aliphatic heterocycles. The number of aliphatic hydroxyl groups is 2. The Hall–Kier alpha value is -1.85. The van der Waals surface area contributed by atoms with Crippen LogP contribution in [0.4, 0.5) is 0 Å². The zero-order chi connectivity index (χ0) is 15.2. The molecule has 1 aromatic rings. The molecule has 0 aliphatic carbocycles. The van der Waals surface area contributed by atoms with Crippen molar-refractivity contribution in [2.45, 2.75) is 18.9 Å². The summed E-state index contributed by atoms with van der Waals surface area (Å²) in [6.07, 6.45) is 0.287. The molecule has 1 atom stereocenters. The number of esters is 1. The van der Waals surface area contributed by atoms with E-state index in [1.807, 2.05) is 0 Å². The van der Waals surface area contributed by atoms with E-state index in [-0.39, 0.29) is 13.0 Å². The van der Waals surface area contributed by atoms with Gasteiger partial charge in [0, 0.05) is 6.42 Å². The topological polar surface area (TPSA) is 76.0 Å². The Morgan fingerprint density at radius 2 is 1.95 bits per heavy atom. The van der Waals surface area contributed by atoms with Crippen molar-refractivity contribution in [3.63, 3.8) is 0 Å². The zero-order valence-electron chi connectivity index (χ0n) is 11.8. The van der Waals surface area contributed by atoms with Gasteiger partial charge >= 0.3 is 5.97 Å². The van der Waals surface area contributed by atoms with Crippen LogP contribution in [0.5, 0.6) is 5.75 Å². The third-order valence-electron chi connectivity index (χ3n) is 3.03. The monoisotopic (exact) mass is 280 g/mol. The van der Waals surface area contributed by atoms with Gasteiger partial charge < -0.3 is 19.7 Å². The predicted octanol–water partition coefficient (Wildman–Crippen LogP) is 1.54. The molecule has 0 bridgehead atoms. The molecule has 2 N–H and O–H groups in total. The van der Waals surface area contributed by atoms with Crippen molar-refractivity contribution in [2.75, 3.05) is 20.3 Å². The Kier molecular flexibility index (Phi) is 5.73. The summed E-state index contributed by atoms with van der Waals surface area (Å²) in [6, 6.07) is 6.57. The largest absolute Gasteiger partial charge is 0.497 e. The molecule has 0 saturated heterocycles. The summed E-state index contributed by atoms with van der Waals surface area (Å²) in [4.78, 5) is 11.7. The molecule has 0 spiro atoms. The van der Waals surface area contributed by atoms with E-state index in [0.29, 0.717) is 16.9 Å². The number of methoxy groups -OCH3 is 1. The minimum Gasteiger partial charge on any atom is -0.497 e. The van der Waals surface area contributed by atoms with Crippen LogP contribution >= 0.6 is 0 Å². The molecule has 0 radical (unpaired) electrons. The van der Waals surface area contributed by atoms with Gasteiger partial charge in [0.05, 0.1) is 25.9 Å². The zero-order valence-corrected chi connectivity index (χ0v) is 11.8. The predicted molar refractivity (Wildman–Crippen MR) is 74.7 cm³/mol. The second-order valence-electron chi connectivity index (χ2n) is 4.65. The smallest absolute Gasteiger partial charge is 0.338 e. The first-order valence-corrected chi connectivity index (χ1v) is 6.23. The van der Waals surface area contributed by atoms with Gasteiger partial charge in [0.1, 0.15) is 11.4 Å². The standard InChI is InChI=1S/C15H20O5/c1-11(15(2,18)10-16)8-9-20-14(17)12-4-6-13(19-3)7-5-12/h4-7,16,18H,1,8-10H2,2-3H3/t15-/m0/s1. The summed E-state index contributed by atoms with van der Waals surface area (Å²) in [5.41, 5.74) is -0.514. The third-order valence-corrected chi connectivity index (χ3v) is 3.03. The number of benzene rings is 1. The summed E-state index contributed by atoms with van der Waals surface area (Å²) >= 11 is 0. The van der Waals surface area contributed by atoms with Crippen LogP contribution in [0.2, 0.25) is 0 Å². The average Bonchev–Trinajstić information content (AvgIpc) is 2.47. The van der Waals surface area contributed by atoms with E-state index in [0.717, 1.165) is 0 Å². The Balaban J connectivity index is 2.45. The van der Waals surface area contributed by atoms with Gasteiger partial charge in [-0.05, 0) is 36.8 Å². The maximum Gasteiger partial charge on any atom is 0.338 e. The molecule has 1 rings (SSSR count). The second-order valence-corrected chi connectivity index (χ2v) is 4.65. The highest BCUT2D eigenvalue weighted by Gasteiger charge is 2.22. The fourth-order valence-corrected chi connectivity index (χ4v) is 1.46. The summed E-state index contributed by atoms with van der Waals surface area (Å²) in [6.45, 7) is 4.81. The molecule has 5 nitrogen and oxygen atoms in total. The molecule has 0 aliphatic rings. The lowest BCUT2D eigenvalue weighted by molar-refractivity contribution is 0.0255. The fraction of sp³-hybridized carbons (Fsp3) is 0.400. The van der Waals surface area contributed by atoms with Crippen LogP contribution in [0.25, 0.3) is 0 Å². The molecule has 5 heteroatoms. The van der Waals surface area contributed by atoms with Gasteiger partial charge in [-0.3, -0.25) is 0 Å². The van der Waals surface area contributed by atoms with Crippen LogP contribution in [-0.2, 0) is 4.74 Å². The highest BCUT2D eigenvalue weighted by molar-refractivity contribution is 5.89.